The van der Waals surface area contributed by atoms with Gasteiger partial charge in [-0.1, -0.05) is 68.4 Å². The van der Waals surface area contributed by atoms with E-state index in [0.29, 0.717) is 11.6 Å². The Morgan fingerprint density at radius 1 is 1.04 bits per heavy atom. The number of aliphatic imine (C=N–C) groups is 1. The fourth-order valence-electron chi connectivity index (χ4n) is 3.06. The number of carbonyl (C=O) groups is 1. The minimum absolute atomic E-state index is 0.0939. The average molecular weight is 306 g/mol. The van der Waals surface area contributed by atoms with Crippen molar-refractivity contribution in [1.82, 2.24) is 5.32 Å². The predicted molar refractivity (Wildman–Crippen MR) is 94.1 cm³/mol. The quantitative estimate of drug-likeness (QED) is 0.939. The van der Waals surface area contributed by atoms with Crippen LogP contribution in [-0.4, -0.2) is 24.7 Å². The molecule has 2 atom stereocenters. The Kier molecular flexibility index (Phi) is 4.39. The maximum absolute atomic E-state index is 13.0. The third-order valence-electron chi connectivity index (χ3n) is 4.38. The first-order chi connectivity index (χ1) is 11.1. The number of hydrogen-bond donors (Lipinski definition) is 1. The molecule has 0 saturated heterocycles. The third kappa shape index (κ3) is 2.97. The molecule has 0 saturated carbocycles. The topological polar surface area (TPSA) is 41.5 Å². The van der Waals surface area contributed by atoms with Crippen molar-refractivity contribution in [3.05, 3.63) is 71.3 Å². The highest BCUT2D eigenvalue weighted by Gasteiger charge is 2.38. The fourth-order valence-corrected chi connectivity index (χ4v) is 3.06. The summed E-state index contributed by atoms with van der Waals surface area (Å²) in [5.74, 6) is 0.277. The number of benzene rings is 2. The summed E-state index contributed by atoms with van der Waals surface area (Å²) in [6.07, 6.45) is -0.208. The number of hydrogen-bond acceptors (Lipinski definition) is 3. The third-order valence-corrected chi connectivity index (χ3v) is 4.38. The second-order valence-corrected chi connectivity index (χ2v) is 6.24. The molecule has 3 heteroatoms. The molecule has 0 bridgehead atoms. The minimum Gasteiger partial charge on any atom is -0.298 e. The van der Waals surface area contributed by atoms with Crippen LogP contribution in [0.5, 0.6) is 0 Å². The van der Waals surface area contributed by atoms with Gasteiger partial charge in [-0.05, 0) is 24.1 Å². The van der Waals surface area contributed by atoms with E-state index >= 15 is 0 Å². The highest BCUT2D eigenvalue weighted by molar-refractivity contribution is 6.49. The number of carbonyl (C=O) groups excluding carboxylic acids is 1. The number of Topliss-reactive ketones (excluding diaryl/α,β-unsaturated/α-hetero) is 1. The lowest BCUT2D eigenvalue weighted by atomic mass is 9.88. The van der Waals surface area contributed by atoms with Gasteiger partial charge in [-0.3, -0.25) is 15.1 Å². The summed E-state index contributed by atoms with van der Waals surface area (Å²) in [5.41, 5.74) is 3.75. The van der Waals surface area contributed by atoms with Crippen LogP contribution in [0.2, 0.25) is 0 Å². The highest BCUT2D eigenvalue weighted by Crippen LogP contribution is 2.31. The molecule has 118 valence electrons. The molecule has 1 N–H and O–H groups in total. The van der Waals surface area contributed by atoms with Crippen LogP contribution in [0.25, 0.3) is 0 Å². The lowest BCUT2D eigenvalue weighted by Gasteiger charge is -2.18. The van der Waals surface area contributed by atoms with Gasteiger partial charge in [0.2, 0.25) is 0 Å². The Morgan fingerprint density at radius 3 is 2.43 bits per heavy atom. The van der Waals surface area contributed by atoms with Crippen molar-refractivity contribution < 1.29 is 4.79 Å². The summed E-state index contributed by atoms with van der Waals surface area (Å²) < 4.78 is 0. The van der Waals surface area contributed by atoms with E-state index in [-0.39, 0.29) is 17.9 Å². The van der Waals surface area contributed by atoms with Gasteiger partial charge in [-0.15, -0.1) is 0 Å². The van der Waals surface area contributed by atoms with Gasteiger partial charge in [-0.2, -0.15) is 0 Å². The summed E-state index contributed by atoms with van der Waals surface area (Å²) in [6, 6.07) is 18.0. The van der Waals surface area contributed by atoms with Gasteiger partial charge in [0, 0.05) is 5.56 Å². The van der Waals surface area contributed by atoms with Crippen molar-refractivity contribution in [2.24, 2.45) is 4.99 Å². The fraction of sp³-hybridized carbons (Fsp3) is 0.300. The Morgan fingerprint density at radius 2 is 1.78 bits per heavy atom. The summed E-state index contributed by atoms with van der Waals surface area (Å²) in [4.78, 5) is 17.6. The number of rotatable bonds is 4. The van der Waals surface area contributed by atoms with Crippen molar-refractivity contribution >= 4 is 11.5 Å². The lowest BCUT2D eigenvalue weighted by molar-refractivity contribution is -0.114. The Labute approximate surface area is 137 Å². The predicted octanol–water partition coefficient (Wildman–Crippen LogP) is 3.51. The van der Waals surface area contributed by atoms with Crippen molar-refractivity contribution in [3.8, 4) is 0 Å². The Hall–Kier alpha value is -2.26. The molecule has 0 radical (unpaired) electrons. The van der Waals surface area contributed by atoms with Crippen LogP contribution in [0.3, 0.4) is 0 Å². The van der Waals surface area contributed by atoms with Gasteiger partial charge >= 0.3 is 0 Å². The number of likely N-dealkylation sites (N-methyl/N-ethyl adjacent to an activating group) is 1. The van der Waals surface area contributed by atoms with E-state index in [1.807, 2.05) is 49.5 Å². The van der Waals surface area contributed by atoms with Crippen LogP contribution in [0.4, 0.5) is 0 Å². The zero-order valence-electron chi connectivity index (χ0n) is 13.8. The largest absolute Gasteiger partial charge is 0.298 e. The van der Waals surface area contributed by atoms with Crippen molar-refractivity contribution in [1.29, 1.82) is 0 Å². The second-order valence-electron chi connectivity index (χ2n) is 6.24. The van der Waals surface area contributed by atoms with Crippen LogP contribution in [0, 0.1) is 0 Å². The molecule has 2 aromatic carbocycles. The Bertz CT molecular complexity index is 734. The molecule has 2 unspecified atom stereocenters. The standard InChI is InChI=1S/C20H22N2O/c1-13(2)15-10-7-11-16(12-15)17-19(23)18(22-20(17)21-3)14-8-5-4-6-9-14/h4-13,17,20-21H,1-3H3. The molecule has 23 heavy (non-hydrogen) atoms. The average Bonchev–Trinajstić information content (AvgIpc) is 2.92. The van der Waals surface area contributed by atoms with Gasteiger partial charge in [0.25, 0.3) is 0 Å². The molecule has 0 fully saturated rings. The number of nitrogens with one attached hydrogen (secondary N) is 1. The van der Waals surface area contributed by atoms with Gasteiger partial charge in [0.05, 0.1) is 5.92 Å². The molecule has 3 nitrogen and oxygen atoms in total. The van der Waals surface area contributed by atoms with Crippen LogP contribution in [0.15, 0.2) is 59.6 Å². The molecule has 3 rings (SSSR count). The monoisotopic (exact) mass is 306 g/mol. The number of nitrogens with zero attached hydrogens (tertiary/aromatic N) is 1. The summed E-state index contributed by atoms with van der Waals surface area (Å²) in [7, 11) is 1.86. The first kappa shape index (κ1) is 15.6. The maximum Gasteiger partial charge on any atom is 0.192 e. The minimum atomic E-state index is -0.256. The van der Waals surface area contributed by atoms with E-state index in [9.17, 15) is 4.79 Å². The van der Waals surface area contributed by atoms with Crippen LogP contribution >= 0.6 is 0 Å². The highest BCUT2D eigenvalue weighted by atomic mass is 16.1. The lowest BCUT2D eigenvalue weighted by Crippen LogP contribution is -2.30. The molecule has 0 aromatic heterocycles. The number of ketones is 1. The molecule has 0 spiro atoms. The Balaban J connectivity index is 1.98. The normalized spacial score (nSPS) is 20.9. The molecule has 1 aliphatic rings. The van der Waals surface area contributed by atoms with E-state index in [4.69, 9.17) is 0 Å². The van der Waals surface area contributed by atoms with Gasteiger partial charge in [0.1, 0.15) is 11.9 Å². The van der Waals surface area contributed by atoms with Gasteiger partial charge < -0.3 is 0 Å². The van der Waals surface area contributed by atoms with E-state index in [1.165, 1.54) is 5.56 Å². The molecular weight excluding hydrogens is 284 g/mol. The van der Waals surface area contributed by atoms with Crippen molar-refractivity contribution in [3.63, 3.8) is 0 Å². The molecular formula is C20H22N2O. The molecule has 0 aliphatic carbocycles. The van der Waals surface area contributed by atoms with E-state index in [0.717, 1.165) is 11.1 Å². The summed E-state index contributed by atoms with van der Waals surface area (Å²) in [5, 5.41) is 3.18. The SMILES string of the molecule is CNC1N=C(c2ccccc2)C(=O)C1c1cccc(C(C)C)c1. The molecule has 1 heterocycles. The second kappa shape index (κ2) is 6.47. The zero-order valence-corrected chi connectivity index (χ0v) is 13.8. The van der Waals surface area contributed by atoms with Crippen LogP contribution < -0.4 is 5.32 Å². The first-order valence-corrected chi connectivity index (χ1v) is 8.06. The maximum atomic E-state index is 13.0. The van der Waals surface area contributed by atoms with Crippen molar-refractivity contribution in [2.45, 2.75) is 31.8 Å². The van der Waals surface area contributed by atoms with Gasteiger partial charge in [-0.25, -0.2) is 0 Å². The molecule has 1 aliphatic heterocycles. The van der Waals surface area contributed by atoms with Crippen molar-refractivity contribution in [2.75, 3.05) is 7.05 Å². The summed E-state index contributed by atoms with van der Waals surface area (Å²) in [6.45, 7) is 4.33. The zero-order chi connectivity index (χ0) is 16.4. The summed E-state index contributed by atoms with van der Waals surface area (Å²) >= 11 is 0. The van der Waals surface area contributed by atoms with E-state index in [1.54, 1.807) is 0 Å². The van der Waals surface area contributed by atoms with E-state index in [2.05, 4.69) is 36.3 Å². The van der Waals surface area contributed by atoms with Crippen LogP contribution in [0.1, 0.15) is 42.4 Å². The van der Waals surface area contributed by atoms with Gasteiger partial charge in [0.15, 0.2) is 5.78 Å². The van der Waals surface area contributed by atoms with Crippen LogP contribution in [-0.2, 0) is 4.79 Å². The smallest absolute Gasteiger partial charge is 0.192 e. The molecule has 2 aromatic rings. The first-order valence-electron chi connectivity index (χ1n) is 8.06. The molecule has 0 amide bonds. The van der Waals surface area contributed by atoms with E-state index < -0.39 is 0 Å².